The van der Waals surface area contributed by atoms with Crippen molar-refractivity contribution in [3.63, 3.8) is 0 Å². The number of hydrogen-bond donors (Lipinski definition) is 3. The highest BCUT2D eigenvalue weighted by Crippen LogP contribution is 2.45. The van der Waals surface area contributed by atoms with Gasteiger partial charge in [-0.1, -0.05) is 331 Å². The summed E-state index contributed by atoms with van der Waals surface area (Å²) in [7, 11) is -9.91. The van der Waals surface area contributed by atoms with Gasteiger partial charge in [0, 0.05) is 25.7 Å². The van der Waals surface area contributed by atoms with Crippen LogP contribution in [0.5, 0.6) is 0 Å². The molecule has 19 heteroatoms. The molecule has 8 atom stereocenters. The van der Waals surface area contributed by atoms with E-state index in [4.69, 9.17) is 37.0 Å². The van der Waals surface area contributed by atoms with Crippen molar-refractivity contribution in [2.75, 3.05) is 39.6 Å². The van der Waals surface area contributed by atoms with Crippen molar-refractivity contribution in [1.82, 2.24) is 0 Å². The fraction of sp³-hybridized carbons (Fsp3) is 0.947. The number of hydrogen-bond acceptors (Lipinski definition) is 15. The molecule has 0 aromatic carbocycles. The summed E-state index contributed by atoms with van der Waals surface area (Å²) in [5, 5.41) is 10.6. The number of aliphatic hydroxyl groups is 1. The first-order valence-corrected chi connectivity index (χ1v) is 42.3. The summed E-state index contributed by atoms with van der Waals surface area (Å²) >= 11 is 0. The van der Waals surface area contributed by atoms with E-state index in [1.807, 2.05) is 0 Å². The van der Waals surface area contributed by atoms with Crippen LogP contribution in [0.15, 0.2) is 0 Å². The van der Waals surface area contributed by atoms with Gasteiger partial charge in [-0.05, 0) is 49.4 Å². The second-order valence-corrected chi connectivity index (χ2v) is 31.5. The Balaban J connectivity index is 5.14. The van der Waals surface area contributed by atoms with E-state index in [1.54, 1.807) is 0 Å². The Morgan fingerprint density at radius 1 is 0.295 bits per heavy atom. The average Bonchev–Trinajstić information content (AvgIpc) is 2.02. The van der Waals surface area contributed by atoms with Gasteiger partial charge in [0.1, 0.15) is 19.3 Å². The zero-order valence-electron chi connectivity index (χ0n) is 62.3. The molecule has 95 heavy (non-hydrogen) atoms. The maximum atomic E-state index is 13.1. The minimum Gasteiger partial charge on any atom is -0.462 e. The Kier molecular flexibility index (Phi) is 64.0. The Labute approximate surface area is 581 Å². The molecule has 0 bridgehead atoms. The van der Waals surface area contributed by atoms with Gasteiger partial charge in [0.05, 0.1) is 26.4 Å². The Morgan fingerprint density at radius 3 is 0.747 bits per heavy atom. The van der Waals surface area contributed by atoms with Crippen LogP contribution in [0.25, 0.3) is 0 Å². The fourth-order valence-electron chi connectivity index (χ4n) is 11.5. The summed E-state index contributed by atoms with van der Waals surface area (Å²) in [6.45, 7) is 14.2. The van der Waals surface area contributed by atoms with Crippen molar-refractivity contribution in [3.8, 4) is 0 Å². The molecule has 0 fully saturated rings. The van der Waals surface area contributed by atoms with Gasteiger partial charge >= 0.3 is 39.5 Å². The van der Waals surface area contributed by atoms with Gasteiger partial charge in [-0.25, -0.2) is 9.13 Å². The zero-order valence-corrected chi connectivity index (χ0v) is 64.1. The number of phosphoric ester groups is 2. The van der Waals surface area contributed by atoms with Crippen molar-refractivity contribution in [2.24, 2.45) is 23.7 Å². The van der Waals surface area contributed by atoms with Crippen LogP contribution in [-0.2, 0) is 65.4 Å². The smallest absolute Gasteiger partial charge is 0.462 e. The Hall–Kier alpha value is -1.94. The molecule has 0 heterocycles. The van der Waals surface area contributed by atoms with Crippen molar-refractivity contribution >= 4 is 39.5 Å². The van der Waals surface area contributed by atoms with Gasteiger partial charge in [0.15, 0.2) is 12.2 Å². The summed E-state index contributed by atoms with van der Waals surface area (Å²) < 4.78 is 68.4. The molecule has 0 aliphatic carbocycles. The van der Waals surface area contributed by atoms with E-state index in [0.717, 1.165) is 114 Å². The third kappa shape index (κ3) is 66.4. The molecule has 3 N–H and O–H groups in total. The molecule has 17 nitrogen and oxygen atoms in total. The predicted octanol–water partition coefficient (Wildman–Crippen LogP) is 22.0. The van der Waals surface area contributed by atoms with Gasteiger partial charge in [-0.15, -0.1) is 0 Å². The lowest BCUT2D eigenvalue weighted by atomic mass is 9.99. The van der Waals surface area contributed by atoms with Crippen molar-refractivity contribution in [3.05, 3.63) is 0 Å². The lowest BCUT2D eigenvalue weighted by molar-refractivity contribution is -0.161. The van der Waals surface area contributed by atoms with E-state index in [-0.39, 0.29) is 25.7 Å². The van der Waals surface area contributed by atoms with Crippen LogP contribution >= 0.6 is 15.6 Å². The lowest BCUT2D eigenvalue weighted by Crippen LogP contribution is -2.30. The molecule has 0 saturated heterocycles. The van der Waals surface area contributed by atoms with Gasteiger partial charge in [-0.2, -0.15) is 0 Å². The lowest BCUT2D eigenvalue weighted by Gasteiger charge is -2.21. The minimum atomic E-state index is -4.96. The van der Waals surface area contributed by atoms with Crippen molar-refractivity contribution in [2.45, 2.75) is 401 Å². The molecule has 0 aliphatic rings. The second kappa shape index (κ2) is 65.4. The summed E-state index contributed by atoms with van der Waals surface area (Å²) in [4.78, 5) is 72.7. The van der Waals surface area contributed by atoms with E-state index in [2.05, 4.69) is 55.4 Å². The standard InChI is InChI=1S/C76H148O17P2/c1-9-67(6)53-45-37-28-24-20-18-16-14-12-13-15-17-19-21-27-31-42-50-58-75(80)92-71(63-87-74(79)57-49-41-34-32-36-44-52-66(4)5)64-90-94(82,83)88-60-70(77)61-89-95(84,85)91-65-72(93-76(81)59-51-43-35-33-39-47-55-69(8)11-3)62-86-73(78)56-48-40-30-26-23-22-25-29-38-46-54-68(7)10-2/h66-72,77H,9-65H2,1-8H3,(H,82,83)(H,84,85)/t67?,68?,69?,70-,71+,72+/m0/s1. The first kappa shape index (κ1) is 93.1. The third-order valence-electron chi connectivity index (χ3n) is 18.7. The zero-order chi connectivity index (χ0) is 70.3. The van der Waals surface area contributed by atoms with Crippen LogP contribution in [0.2, 0.25) is 0 Å². The molecule has 0 saturated carbocycles. The Morgan fingerprint density at radius 2 is 0.505 bits per heavy atom. The van der Waals surface area contributed by atoms with Crippen LogP contribution in [0.4, 0.5) is 0 Å². The predicted molar refractivity (Wildman–Crippen MR) is 386 cm³/mol. The molecule has 0 aromatic heterocycles. The highest BCUT2D eigenvalue weighted by Gasteiger charge is 2.30. The molecule has 5 unspecified atom stereocenters. The molecule has 564 valence electrons. The van der Waals surface area contributed by atoms with E-state index < -0.39 is 97.5 Å². The normalized spacial score (nSPS) is 15.0. The topological polar surface area (TPSA) is 237 Å². The quantitative estimate of drug-likeness (QED) is 0.0222. The van der Waals surface area contributed by atoms with Gasteiger partial charge in [0.25, 0.3) is 0 Å². The molecule has 0 aromatic rings. The van der Waals surface area contributed by atoms with Crippen molar-refractivity contribution < 1.29 is 80.2 Å². The molecule has 0 amide bonds. The number of ether oxygens (including phenoxy) is 4. The summed E-state index contributed by atoms with van der Waals surface area (Å²) in [6, 6.07) is 0. The second-order valence-electron chi connectivity index (χ2n) is 28.6. The monoisotopic (exact) mass is 1400 g/mol. The third-order valence-corrected chi connectivity index (χ3v) is 20.6. The number of esters is 4. The van der Waals surface area contributed by atoms with Crippen LogP contribution < -0.4 is 0 Å². The number of carbonyl (C=O) groups is 4. The summed E-state index contributed by atoms with van der Waals surface area (Å²) in [6.07, 6.45) is 50.2. The number of carbonyl (C=O) groups excluding carboxylic acids is 4. The fourth-order valence-corrected chi connectivity index (χ4v) is 13.0. The molecule has 0 radical (unpaired) electrons. The molecular formula is C76H148O17P2. The van der Waals surface area contributed by atoms with E-state index in [1.165, 1.54) is 180 Å². The molecule has 0 spiro atoms. The summed E-state index contributed by atoms with van der Waals surface area (Å²) in [5.74, 6) is 0.953. The van der Waals surface area contributed by atoms with Gasteiger partial charge in [-0.3, -0.25) is 37.3 Å². The number of phosphoric acid groups is 2. The Bertz CT molecular complexity index is 1870. The van der Waals surface area contributed by atoms with E-state index in [0.29, 0.717) is 31.6 Å². The highest BCUT2D eigenvalue weighted by molar-refractivity contribution is 7.47. The van der Waals surface area contributed by atoms with Crippen LogP contribution in [-0.4, -0.2) is 96.7 Å². The van der Waals surface area contributed by atoms with Crippen LogP contribution in [0.1, 0.15) is 383 Å². The minimum absolute atomic E-state index is 0.102. The van der Waals surface area contributed by atoms with Gasteiger partial charge in [0.2, 0.25) is 0 Å². The molecular weight excluding hydrogens is 1250 g/mol. The van der Waals surface area contributed by atoms with Crippen molar-refractivity contribution in [1.29, 1.82) is 0 Å². The number of aliphatic hydroxyl groups excluding tert-OH is 1. The first-order chi connectivity index (χ1) is 45.7. The maximum Gasteiger partial charge on any atom is 0.472 e. The highest BCUT2D eigenvalue weighted by atomic mass is 31.2. The number of rotatable bonds is 73. The average molecular weight is 1400 g/mol. The van der Waals surface area contributed by atoms with Crippen LogP contribution in [0, 0.1) is 23.7 Å². The SMILES string of the molecule is CCC(C)CCCCCCCCCCCCCCCCCCCCC(=O)O[C@H](COC(=O)CCCCCCCCC(C)C)COP(=O)(O)OC[C@H](O)COP(=O)(O)OC[C@@H](COC(=O)CCCCCCCCCCCCC(C)CC)OC(=O)CCCCCCCCC(C)CC. The molecule has 0 rings (SSSR count). The summed E-state index contributed by atoms with van der Waals surface area (Å²) in [5.41, 5.74) is 0. The maximum absolute atomic E-state index is 13.1. The molecule has 0 aliphatic heterocycles. The van der Waals surface area contributed by atoms with E-state index >= 15 is 0 Å². The van der Waals surface area contributed by atoms with Crippen LogP contribution in [0.3, 0.4) is 0 Å². The number of unbranched alkanes of at least 4 members (excludes halogenated alkanes) is 36. The first-order valence-electron chi connectivity index (χ1n) is 39.3. The van der Waals surface area contributed by atoms with E-state index in [9.17, 15) is 43.2 Å². The van der Waals surface area contributed by atoms with Gasteiger partial charge < -0.3 is 33.8 Å². The largest absolute Gasteiger partial charge is 0.472 e.